The van der Waals surface area contributed by atoms with Crippen LogP contribution in [0.2, 0.25) is 0 Å². The number of hydrogen-bond donors (Lipinski definition) is 1. The van der Waals surface area contributed by atoms with Gasteiger partial charge in [0.2, 0.25) is 5.82 Å². The van der Waals surface area contributed by atoms with Gasteiger partial charge in [-0.2, -0.15) is 4.80 Å². The van der Waals surface area contributed by atoms with Crippen LogP contribution in [-0.2, 0) is 24.7 Å². The third-order valence-corrected chi connectivity index (χ3v) is 7.73. The smallest absolute Gasteiger partial charge is 0.304 e. The summed E-state index contributed by atoms with van der Waals surface area (Å²) in [6, 6.07) is 9.50. The SMILES string of the molecule is Cc1cc(-c2nnn(C)n2)cc(C)c1-c1ccc(F)c2c1CC[C@H]2Cc1cc2c(cn1)[C@H](CC(=O)O)CO2. The zero-order valence-electron chi connectivity index (χ0n) is 21.5. The second-order valence-electron chi connectivity index (χ2n) is 10.3. The van der Waals surface area contributed by atoms with Crippen molar-refractivity contribution in [2.45, 2.75) is 51.4 Å². The molecule has 2 aromatic carbocycles. The summed E-state index contributed by atoms with van der Waals surface area (Å²) in [5, 5.41) is 21.6. The number of ether oxygens (including phenoxy) is 1. The largest absolute Gasteiger partial charge is 0.493 e. The van der Waals surface area contributed by atoms with Crippen molar-refractivity contribution in [2.24, 2.45) is 7.05 Å². The molecule has 9 heteroatoms. The Labute approximate surface area is 219 Å². The number of carbonyl (C=O) groups is 1. The second kappa shape index (κ2) is 9.31. The average molecular weight is 514 g/mol. The number of tetrazole rings is 1. The Balaban J connectivity index is 1.31. The number of carboxylic acid groups (broad SMARTS) is 1. The van der Waals surface area contributed by atoms with Crippen molar-refractivity contribution in [3.05, 3.63) is 75.9 Å². The van der Waals surface area contributed by atoms with E-state index in [1.165, 1.54) is 4.80 Å². The molecular formula is C29H28FN5O3. The monoisotopic (exact) mass is 513 g/mol. The first-order chi connectivity index (χ1) is 18.3. The lowest BCUT2D eigenvalue weighted by Gasteiger charge is -2.18. The fourth-order valence-corrected chi connectivity index (χ4v) is 6.11. The average Bonchev–Trinajstić information content (AvgIpc) is 3.59. The maximum Gasteiger partial charge on any atom is 0.304 e. The molecule has 0 unspecified atom stereocenters. The predicted molar refractivity (Wildman–Crippen MR) is 139 cm³/mol. The summed E-state index contributed by atoms with van der Waals surface area (Å²) < 4.78 is 21.1. The molecule has 0 radical (unpaired) electrons. The van der Waals surface area contributed by atoms with Gasteiger partial charge in [-0.15, -0.1) is 10.2 Å². The molecule has 2 atom stereocenters. The zero-order valence-corrected chi connectivity index (χ0v) is 21.5. The first-order valence-corrected chi connectivity index (χ1v) is 12.8. The highest BCUT2D eigenvalue weighted by Gasteiger charge is 2.31. The molecule has 2 aliphatic rings. The van der Waals surface area contributed by atoms with Gasteiger partial charge in [-0.05, 0) is 95.8 Å². The fraction of sp³-hybridized carbons (Fsp3) is 0.345. The number of hydrogen-bond acceptors (Lipinski definition) is 6. The van der Waals surface area contributed by atoms with Gasteiger partial charge in [0.05, 0.1) is 20.1 Å². The summed E-state index contributed by atoms with van der Waals surface area (Å²) in [6.45, 7) is 4.48. The Morgan fingerprint density at radius 1 is 1.18 bits per heavy atom. The van der Waals surface area contributed by atoms with Crippen LogP contribution in [0, 0.1) is 19.7 Å². The summed E-state index contributed by atoms with van der Waals surface area (Å²) in [6.07, 6.45) is 3.98. The molecule has 1 N–H and O–H groups in total. The third kappa shape index (κ3) is 4.21. The molecule has 1 aliphatic heterocycles. The minimum atomic E-state index is -0.852. The maximum absolute atomic E-state index is 15.3. The van der Waals surface area contributed by atoms with Gasteiger partial charge in [-0.1, -0.05) is 6.07 Å². The summed E-state index contributed by atoms with van der Waals surface area (Å²) in [7, 11) is 1.74. The molecule has 6 rings (SSSR count). The van der Waals surface area contributed by atoms with Crippen molar-refractivity contribution in [3.8, 4) is 28.3 Å². The summed E-state index contributed by atoms with van der Waals surface area (Å²) >= 11 is 0. The van der Waals surface area contributed by atoms with E-state index in [1.54, 1.807) is 19.3 Å². The van der Waals surface area contributed by atoms with Gasteiger partial charge >= 0.3 is 5.97 Å². The van der Waals surface area contributed by atoms with E-state index in [0.717, 1.165) is 63.0 Å². The number of halogens is 1. The molecule has 0 amide bonds. The van der Waals surface area contributed by atoms with Crippen LogP contribution >= 0.6 is 0 Å². The van der Waals surface area contributed by atoms with Crippen LogP contribution in [0.3, 0.4) is 0 Å². The normalized spacial score (nSPS) is 17.8. The van der Waals surface area contributed by atoms with Crippen LogP contribution in [0.15, 0.2) is 36.5 Å². The van der Waals surface area contributed by atoms with Gasteiger partial charge in [0.25, 0.3) is 0 Å². The summed E-state index contributed by atoms with van der Waals surface area (Å²) in [5.74, 6) is 0.0670. The maximum atomic E-state index is 15.3. The number of pyridine rings is 1. The van der Waals surface area contributed by atoms with E-state index in [2.05, 4.69) is 46.4 Å². The number of nitrogens with zero attached hydrogens (tertiary/aromatic N) is 5. The molecule has 194 valence electrons. The van der Waals surface area contributed by atoms with Crippen LogP contribution in [-0.4, -0.2) is 42.9 Å². The Morgan fingerprint density at radius 3 is 2.68 bits per heavy atom. The zero-order chi connectivity index (χ0) is 26.6. The van der Waals surface area contributed by atoms with Crippen LogP contribution in [0.5, 0.6) is 5.75 Å². The Morgan fingerprint density at radius 2 is 1.97 bits per heavy atom. The lowest BCUT2D eigenvalue weighted by Crippen LogP contribution is -2.07. The van der Waals surface area contributed by atoms with E-state index >= 15 is 4.39 Å². The molecule has 8 nitrogen and oxygen atoms in total. The van der Waals surface area contributed by atoms with Crippen molar-refractivity contribution >= 4 is 5.97 Å². The molecule has 0 saturated heterocycles. The number of benzene rings is 2. The lowest BCUT2D eigenvalue weighted by molar-refractivity contribution is -0.137. The number of carboxylic acids is 1. The van der Waals surface area contributed by atoms with Crippen LogP contribution in [0.1, 0.15) is 58.2 Å². The molecule has 38 heavy (non-hydrogen) atoms. The van der Waals surface area contributed by atoms with Crippen LogP contribution < -0.4 is 4.74 Å². The van der Waals surface area contributed by atoms with Crippen molar-refractivity contribution in [2.75, 3.05) is 6.61 Å². The molecule has 1 aliphatic carbocycles. The van der Waals surface area contributed by atoms with Gasteiger partial charge in [-0.3, -0.25) is 9.78 Å². The third-order valence-electron chi connectivity index (χ3n) is 7.73. The van der Waals surface area contributed by atoms with E-state index in [0.29, 0.717) is 24.6 Å². The van der Waals surface area contributed by atoms with E-state index < -0.39 is 5.97 Å². The van der Waals surface area contributed by atoms with Gasteiger partial charge in [0.15, 0.2) is 0 Å². The molecule has 0 bridgehead atoms. The highest BCUT2D eigenvalue weighted by Crippen LogP contribution is 2.44. The predicted octanol–water partition coefficient (Wildman–Crippen LogP) is 4.92. The Hall–Kier alpha value is -4.14. The summed E-state index contributed by atoms with van der Waals surface area (Å²) in [5.41, 5.74) is 8.75. The molecule has 3 heterocycles. The highest BCUT2D eigenvalue weighted by atomic mass is 19.1. The molecule has 0 spiro atoms. The summed E-state index contributed by atoms with van der Waals surface area (Å²) in [4.78, 5) is 17.2. The number of aryl methyl sites for hydroxylation is 3. The van der Waals surface area contributed by atoms with Gasteiger partial charge in [-0.25, -0.2) is 4.39 Å². The topological polar surface area (TPSA) is 103 Å². The lowest BCUT2D eigenvalue weighted by atomic mass is 9.87. The number of aliphatic carboxylic acids is 1. The van der Waals surface area contributed by atoms with E-state index in [4.69, 9.17) is 9.84 Å². The number of aromatic nitrogens is 5. The standard InChI is InChI=1S/C29H28FN5O3/c1-15-8-18(29-32-34-35(3)33-29)9-16(2)27(15)21-6-7-24(30)28-17(4-5-22(21)28)10-20-12-25-23(13-31-20)19(14-38-25)11-26(36)37/h6-9,12-13,17,19H,4-5,10-11,14H2,1-3H3,(H,36,37)/t17-,19+/m0/s1. The van der Waals surface area contributed by atoms with Crippen molar-refractivity contribution < 1.29 is 19.0 Å². The van der Waals surface area contributed by atoms with Crippen LogP contribution in [0.4, 0.5) is 4.39 Å². The van der Waals surface area contributed by atoms with Gasteiger partial charge in [0, 0.05) is 35.0 Å². The van der Waals surface area contributed by atoms with E-state index in [1.807, 2.05) is 12.1 Å². The van der Waals surface area contributed by atoms with Crippen molar-refractivity contribution in [1.82, 2.24) is 25.2 Å². The molecule has 2 aromatic heterocycles. The van der Waals surface area contributed by atoms with Crippen molar-refractivity contribution in [1.29, 1.82) is 0 Å². The van der Waals surface area contributed by atoms with E-state index in [9.17, 15) is 4.79 Å². The number of fused-ring (bicyclic) bond motifs is 2. The second-order valence-corrected chi connectivity index (χ2v) is 10.3. The first kappa shape index (κ1) is 24.2. The minimum Gasteiger partial charge on any atom is -0.493 e. The van der Waals surface area contributed by atoms with Gasteiger partial charge in [0.1, 0.15) is 11.6 Å². The molecule has 0 fully saturated rings. The van der Waals surface area contributed by atoms with Crippen molar-refractivity contribution in [3.63, 3.8) is 0 Å². The highest BCUT2D eigenvalue weighted by molar-refractivity contribution is 5.78. The van der Waals surface area contributed by atoms with E-state index in [-0.39, 0.29) is 24.1 Å². The van der Waals surface area contributed by atoms with Gasteiger partial charge < -0.3 is 9.84 Å². The Kier molecular flexibility index (Phi) is 5.93. The first-order valence-electron chi connectivity index (χ1n) is 12.8. The quantitative estimate of drug-likeness (QED) is 0.390. The Bertz CT molecular complexity index is 1560. The number of rotatable bonds is 6. The minimum absolute atomic E-state index is 0.00963. The molecule has 0 saturated carbocycles. The molecular weight excluding hydrogens is 485 g/mol. The van der Waals surface area contributed by atoms with Crippen LogP contribution in [0.25, 0.3) is 22.5 Å². The fourth-order valence-electron chi connectivity index (χ4n) is 6.11. The molecule has 4 aromatic rings.